The lowest BCUT2D eigenvalue weighted by molar-refractivity contribution is 0.397. The lowest BCUT2D eigenvalue weighted by Crippen LogP contribution is -1.90. The van der Waals surface area contributed by atoms with Crippen LogP contribution in [0.2, 0.25) is 0 Å². The van der Waals surface area contributed by atoms with E-state index in [2.05, 4.69) is 20.7 Å². The Kier molecular flexibility index (Phi) is 3.08. The van der Waals surface area contributed by atoms with Crippen LogP contribution in [0.3, 0.4) is 0 Å². The molecule has 0 unspecified atom stereocenters. The van der Waals surface area contributed by atoms with Gasteiger partial charge in [0.05, 0.1) is 7.11 Å². The molecule has 0 amide bonds. The van der Waals surface area contributed by atoms with E-state index < -0.39 is 0 Å². The highest BCUT2D eigenvalue weighted by Gasteiger charge is 2.12. The third-order valence-corrected chi connectivity index (χ3v) is 2.61. The maximum atomic E-state index is 5.46. The van der Waals surface area contributed by atoms with Crippen LogP contribution in [0.25, 0.3) is 11.6 Å². The zero-order valence-corrected chi connectivity index (χ0v) is 11.0. The van der Waals surface area contributed by atoms with Gasteiger partial charge in [-0.25, -0.2) is 0 Å². The molecule has 2 heterocycles. The molecule has 0 bridgehead atoms. The molecule has 1 aromatic carbocycles. The minimum Gasteiger partial charge on any atom is -0.497 e. The number of aryl methyl sites for hydroxylation is 1. The van der Waals surface area contributed by atoms with Gasteiger partial charge in [-0.3, -0.25) is 0 Å². The molecule has 7 heteroatoms. The van der Waals surface area contributed by atoms with E-state index in [1.165, 1.54) is 0 Å². The number of hydrogen-bond acceptors (Lipinski definition) is 7. The lowest BCUT2D eigenvalue weighted by atomic mass is 10.3. The minimum atomic E-state index is 0.283. The van der Waals surface area contributed by atoms with Crippen LogP contribution >= 0.6 is 0 Å². The number of benzene rings is 1. The Balaban J connectivity index is 1.76. The predicted molar refractivity (Wildman–Crippen MR) is 70.8 cm³/mol. The van der Waals surface area contributed by atoms with Crippen molar-refractivity contribution in [3.05, 3.63) is 36.1 Å². The maximum Gasteiger partial charge on any atom is 0.320 e. The van der Waals surface area contributed by atoms with Crippen molar-refractivity contribution in [2.75, 3.05) is 12.4 Å². The summed E-state index contributed by atoms with van der Waals surface area (Å²) < 4.78 is 15.5. The van der Waals surface area contributed by atoms with E-state index >= 15 is 0 Å². The number of rotatable bonds is 4. The monoisotopic (exact) mass is 272 g/mol. The Morgan fingerprint density at radius 2 is 1.95 bits per heavy atom. The summed E-state index contributed by atoms with van der Waals surface area (Å²) in [5.41, 5.74) is 1.33. The molecular formula is C13H12N4O3. The molecule has 102 valence electrons. The minimum absolute atomic E-state index is 0.283. The van der Waals surface area contributed by atoms with Crippen LogP contribution in [0.1, 0.15) is 5.76 Å². The first-order chi connectivity index (χ1) is 9.74. The molecule has 3 aromatic rings. The fourth-order valence-electron chi connectivity index (χ4n) is 1.64. The summed E-state index contributed by atoms with van der Waals surface area (Å²) in [7, 11) is 1.62. The Morgan fingerprint density at radius 1 is 1.15 bits per heavy atom. The standard InChI is InChI=1S/C13H12N4O3/c1-8-7-11(17-20-8)12-15-16-13(19-12)14-9-3-5-10(18-2)6-4-9/h3-7H,1-2H3,(H,14,16). The highest BCUT2D eigenvalue weighted by Crippen LogP contribution is 2.22. The summed E-state index contributed by atoms with van der Waals surface area (Å²) in [6, 6.07) is 9.38. The van der Waals surface area contributed by atoms with Crippen molar-refractivity contribution in [3.63, 3.8) is 0 Å². The predicted octanol–water partition coefficient (Wildman–Crippen LogP) is 2.79. The highest BCUT2D eigenvalue weighted by atomic mass is 16.5. The number of methoxy groups -OCH3 is 1. The van der Waals surface area contributed by atoms with Gasteiger partial charge < -0.3 is 19.0 Å². The van der Waals surface area contributed by atoms with Crippen molar-refractivity contribution < 1.29 is 13.7 Å². The molecule has 20 heavy (non-hydrogen) atoms. The van der Waals surface area contributed by atoms with E-state index in [0.717, 1.165) is 11.4 Å². The Morgan fingerprint density at radius 3 is 2.60 bits per heavy atom. The molecule has 7 nitrogen and oxygen atoms in total. The summed E-state index contributed by atoms with van der Waals surface area (Å²) in [6.45, 7) is 1.80. The van der Waals surface area contributed by atoms with E-state index in [1.54, 1.807) is 20.1 Å². The molecule has 0 spiro atoms. The second kappa shape index (κ2) is 5.04. The van der Waals surface area contributed by atoms with Gasteiger partial charge in [-0.1, -0.05) is 10.3 Å². The SMILES string of the molecule is COc1ccc(Nc2nnc(-c3cc(C)on3)o2)cc1. The molecule has 2 aromatic heterocycles. The number of anilines is 2. The van der Waals surface area contributed by atoms with Crippen LogP contribution in [0.15, 0.2) is 39.3 Å². The van der Waals surface area contributed by atoms with Gasteiger partial charge in [-0.15, -0.1) is 5.10 Å². The van der Waals surface area contributed by atoms with Crippen LogP contribution in [0.5, 0.6) is 5.75 Å². The Bertz CT molecular complexity index is 702. The van der Waals surface area contributed by atoms with Gasteiger partial charge in [0.25, 0.3) is 5.89 Å². The largest absolute Gasteiger partial charge is 0.497 e. The van der Waals surface area contributed by atoms with E-state index in [9.17, 15) is 0 Å². The second-order valence-electron chi connectivity index (χ2n) is 4.09. The summed E-state index contributed by atoms with van der Waals surface area (Å²) in [5, 5.41) is 14.6. The highest BCUT2D eigenvalue weighted by molar-refractivity contribution is 5.55. The van der Waals surface area contributed by atoms with Crippen LogP contribution in [-0.4, -0.2) is 22.5 Å². The Labute approximate surface area is 114 Å². The number of ether oxygens (including phenoxy) is 1. The van der Waals surface area contributed by atoms with E-state index in [4.69, 9.17) is 13.7 Å². The summed E-state index contributed by atoms with van der Waals surface area (Å²) in [4.78, 5) is 0. The van der Waals surface area contributed by atoms with Crippen LogP contribution < -0.4 is 10.1 Å². The average molecular weight is 272 g/mol. The zero-order valence-electron chi connectivity index (χ0n) is 11.0. The lowest BCUT2D eigenvalue weighted by Gasteiger charge is -2.02. The molecule has 0 saturated carbocycles. The first kappa shape index (κ1) is 12.2. The molecule has 0 aliphatic carbocycles. The van der Waals surface area contributed by atoms with Crippen molar-refractivity contribution in [2.24, 2.45) is 0 Å². The summed E-state index contributed by atoms with van der Waals surface area (Å²) in [6.07, 6.45) is 0. The fourth-order valence-corrected chi connectivity index (χ4v) is 1.64. The first-order valence-electron chi connectivity index (χ1n) is 5.93. The molecule has 0 fully saturated rings. The van der Waals surface area contributed by atoms with Gasteiger partial charge in [-0.2, -0.15) is 0 Å². The van der Waals surface area contributed by atoms with Gasteiger partial charge in [-0.05, 0) is 31.2 Å². The third kappa shape index (κ3) is 2.46. The van der Waals surface area contributed by atoms with Crippen molar-refractivity contribution in [1.29, 1.82) is 0 Å². The van der Waals surface area contributed by atoms with Crippen LogP contribution in [-0.2, 0) is 0 Å². The van der Waals surface area contributed by atoms with Crippen LogP contribution in [0, 0.1) is 6.92 Å². The zero-order chi connectivity index (χ0) is 13.9. The maximum absolute atomic E-state index is 5.46. The smallest absolute Gasteiger partial charge is 0.320 e. The topological polar surface area (TPSA) is 86.2 Å². The molecular weight excluding hydrogens is 260 g/mol. The Hall–Kier alpha value is -2.83. The normalized spacial score (nSPS) is 10.5. The van der Waals surface area contributed by atoms with E-state index in [1.807, 2.05) is 24.3 Å². The van der Waals surface area contributed by atoms with Crippen molar-refractivity contribution >= 4 is 11.7 Å². The van der Waals surface area contributed by atoms with Crippen molar-refractivity contribution in [1.82, 2.24) is 15.4 Å². The van der Waals surface area contributed by atoms with Crippen molar-refractivity contribution in [2.45, 2.75) is 6.92 Å². The van der Waals surface area contributed by atoms with Crippen LogP contribution in [0.4, 0.5) is 11.7 Å². The quantitative estimate of drug-likeness (QED) is 0.781. The summed E-state index contributed by atoms with van der Waals surface area (Å²) >= 11 is 0. The van der Waals surface area contributed by atoms with Gasteiger partial charge in [0.15, 0.2) is 5.69 Å². The fraction of sp³-hybridized carbons (Fsp3) is 0.154. The summed E-state index contributed by atoms with van der Waals surface area (Å²) in [5.74, 6) is 1.76. The molecule has 0 aliphatic heterocycles. The molecule has 3 rings (SSSR count). The van der Waals surface area contributed by atoms with Crippen molar-refractivity contribution in [3.8, 4) is 17.3 Å². The van der Waals surface area contributed by atoms with Gasteiger partial charge in [0.1, 0.15) is 11.5 Å². The molecule has 0 saturated heterocycles. The number of nitrogens with one attached hydrogen (secondary N) is 1. The molecule has 0 aliphatic rings. The van der Waals surface area contributed by atoms with Gasteiger partial charge in [0.2, 0.25) is 0 Å². The number of aromatic nitrogens is 3. The molecule has 0 atom stereocenters. The number of hydrogen-bond donors (Lipinski definition) is 1. The van der Waals surface area contributed by atoms with Gasteiger partial charge in [0, 0.05) is 11.8 Å². The molecule has 0 radical (unpaired) electrons. The average Bonchev–Trinajstić information content (AvgIpc) is 3.09. The second-order valence-corrected chi connectivity index (χ2v) is 4.09. The van der Waals surface area contributed by atoms with E-state index in [-0.39, 0.29) is 6.01 Å². The van der Waals surface area contributed by atoms with Gasteiger partial charge >= 0.3 is 6.01 Å². The molecule has 1 N–H and O–H groups in total. The van der Waals surface area contributed by atoms with E-state index in [0.29, 0.717) is 17.3 Å². The first-order valence-corrected chi connectivity index (χ1v) is 5.93. The number of nitrogens with zero attached hydrogens (tertiary/aromatic N) is 3. The third-order valence-electron chi connectivity index (χ3n) is 2.61.